The van der Waals surface area contributed by atoms with Gasteiger partial charge in [-0.3, -0.25) is 14.6 Å². The first-order valence-electron chi connectivity index (χ1n) is 13.4. The summed E-state index contributed by atoms with van der Waals surface area (Å²) in [7, 11) is 1.65. The predicted octanol–water partition coefficient (Wildman–Crippen LogP) is 5.22. The molecule has 202 valence electrons. The molecule has 1 unspecified atom stereocenters. The van der Waals surface area contributed by atoms with Crippen molar-refractivity contribution in [2.45, 2.75) is 58.1 Å². The van der Waals surface area contributed by atoms with Crippen molar-refractivity contribution in [2.75, 3.05) is 12.4 Å². The molecule has 0 spiro atoms. The van der Waals surface area contributed by atoms with Crippen molar-refractivity contribution in [3.8, 4) is 11.5 Å². The van der Waals surface area contributed by atoms with Crippen LogP contribution in [0.4, 0.5) is 5.69 Å². The molecule has 9 nitrogen and oxygen atoms in total. The Morgan fingerprint density at radius 3 is 2.69 bits per heavy atom. The van der Waals surface area contributed by atoms with Crippen LogP contribution in [-0.2, 0) is 11.3 Å². The Morgan fingerprint density at radius 1 is 1.10 bits per heavy atom. The van der Waals surface area contributed by atoms with Crippen LogP contribution >= 0.6 is 0 Å². The van der Waals surface area contributed by atoms with E-state index < -0.39 is 0 Å². The molecule has 1 aliphatic heterocycles. The third kappa shape index (κ3) is 6.25. The molecule has 1 fully saturated rings. The minimum atomic E-state index is -0.351. The van der Waals surface area contributed by atoms with Gasteiger partial charge in [-0.1, -0.05) is 19.1 Å². The second-order valence-electron chi connectivity index (χ2n) is 9.88. The maximum Gasteiger partial charge on any atom is 0.275 e. The Morgan fingerprint density at radius 2 is 1.95 bits per heavy atom. The Labute approximate surface area is 228 Å². The number of hydrazone groups is 1. The van der Waals surface area contributed by atoms with E-state index in [1.807, 2.05) is 36.4 Å². The molecule has 9 heteroatoms. The van der Waals surface area contributed by atoms with Crippen LogP contribution in [0.15, 0.2) is 66.2 Å². The largest absolute Gasteiger partial charge is 0.493 e. The normalized spacial score (nSPS) is 17.6. The summed E-state index contributed by atoms with van der Waals surface area (Å²) in [5.74, 6) is 1.04. The monoisotopic (exact) mass is 527 g/mol. The number of benzene rings is 2. The molecule has 2 heterocycles. The van der Waals surface area contributed by atoms with Crippen molar-refractivity contribution in [3.05, 3.63) is 77.9 Å². The number of nitrogens with one attached hydrogen (secondary N) is 1. The van der Waals surface area contributed by atoms with Crippen LogP contribution in [0, 0.1) is 5.92 Å². The molecule has 1 saturated carbocycles. The quantitative estimate of drug-likeness (QED) is 0.409. The third-order valence-corrected chi connectivity index (χ3v) is 7.19. The lowest BCUT2D eigenvalue weighted by Gasteiger charge is -2.29. The van der Waals surface area contributed by atoms with Gasteiger partial charge < -0.3 is 14.8 Å². The van der Waals surface area contributed by atoms with Gasteiger partial charge in [0.2, 0.25) is 5.91 Å². The van der Waals surface area contributed by atoms with Crippen molar-refractivity contribution in [1.29, 1.82) is 0 Å². The van der Waals surface area contributed by atoms with E-state index in [-0.39, 0.29) is 36.1 Å². The molecular weight excluding hydrogens is 494 g/mol. The van der Waals surface area contributed by atoms with Gasteiger partial charge in [-0.15, -0.1) is 0 Å². The maximum absolute atomic E-state index is 13.1. The van der Waals surface area contributed by atoms with E-state index in [4.69, 9.17) is 14.6 Å². The lowest BCUT2D eigenvalue weighted by molar-refractivity contribution is -0.133. The second kappa shape index (κ2) is 12.1. The number of hydrogen-bond donors (Lipinski definition) is 1. The minimum absolute atomic E-state index is 0.0130. The summed E-state index contributed by atoms with van der Waals surface area (Å²) >= 11 is 0. The van der Waals surface area contributed by atoms with Crippen molar-refractivity contribution >= 4 is 23.2 Å². The molecule has 0 bridgehead atoms. The number of amides is 2. The molecule has 0 saturated heterocycles. The zero-order valence-electron chi connectivity index (χ0n) is 22.3. The van der Waals surface area contributed by atoms with E-state index in [1.165, 1.54) is 36.4 Å². The number of nitrogens with zero attached hydrogens (tertiary/aromatic N) is 4. The third-order valence-electron chi connectivity index (χ3n) is 7.19. The number of methoxy groups -OCH3 is 1. The van der Waals surface area contributed by atoms with Crippen molar-refractivity contribution in [1.82, 2.24) is 15.0 Å². The number of ether oxygens (including phenoxy) is 2. The highest BCUT2D eigenvalue weighted by atomic mass is 16.5. The molecular formula is C30H33N5O4. The predicted molar refractivity (Wildman–Crippen MR) is 148 cm³/mol. The molecule has 39 heavy (non-hydrogen) atoms. The van der Waals surface area contributed by atoms with Gasteiger partial charge in [-0.25, -0.2) is 9.99 Å². The van der Waals surface area contributed by atoms with Gasteiger partial charge in [0, 0.05) is 36.0 Å². The summed E-state index contributed by atoms with van der Waals surface area (Å²) in [6.45, 7) is 2.36. The number of anilines is 1. The molecule has 1 atom stereocenters. The van der Waals surface area contributed by atoms with Crippen LogP contribution in [0.5, 0.6) is 11.5 Å². The van der Waals surface area contributed by atoms with Gasteiger partial charge in [0.05, 0.1) is 31.7 Å². The standard InChI is InChI=1S/C30H33N5O4/c1-3-21-17-28(36)35(19-20-7-6-8-23(15-20)33-30(37)25-18-31-13-14-32-25)34-29(21)22-11-12-26(38-2)27(16-22)39-24-9-4-5-10-24/h6-8,11-16,18,21,24H,3-5,9-10,17,19H2,1-2H3,(H,33,37). The molecule has 5 rings (SSSR count). The molecule has 2 amide bonds. The molecule has 1 aliphatic carbocycles. The van der Waals surface area contributed by atoms with Crippen LogP contribution in [0.2, 0.25) is 0 Å². The van der Waals surface area contributed by atoms with Gasteiger partial charge in [0.1, 0.15) is 5.69 Å². The smallest absolute Gasteiger partial charge is 0.275 e. The second-order valence-corrected chi connectivity index (χ2v) is 9.88. The first-order valence-corrected chi connectivity index (χ1v) is 13.4. The lowest BCUT2D eigenvalue weighted by atomic mass is 9.89. The number of rotatable bonds is 9. The van der Waals surface area contributed by atoms with E-state index in [2.05, 4.69) is 22.2 Å². The fourth-order valence-electron chi connectivity index (χ4n) is 5.08. The zero-order valence-corrected chi connectivity index (χ0v) is 22.3. The van der Waals surface area contributed by atoms with Crippen LogP contribution < -0.4 is 14.8 Å². The Balaban J connectivity index is 1.37. The number of aromatic nitrogens is 2. The van der Waals surface area contributed by atoms with E-state index in [0.717, 1.165) is 41.9 Å². The summed E-state index contributed by atoms with van der Waals surface area (Å²) in [4.78, 5) is 33.6. The highest BCUT2D eigenvalue weighted by Crippen LogP contribution is 2.34. The summed E-state index contributed by atoms with van der Waals surface area (Å²) < 4.78 is 11.9. The van der Waals surface area contributed by atoms with E-state index in [0.29, 0.717) is 17.9 Å². The maximum atomic E-state index is 13.1. The molecule has 2 aliphatic rings. The molecule has 1 N–H and O–H groups in total. The minimum Gasteiger partial charge on any atom is -0.493 e. The van der Waals surface area contributed by atoms with E-state index >= 15 is 0 Å². The number of carbonyl (C=O) groups is 2. The fourth-order valence-corrected chi connectivity index (χ4v) is 5.08. The van der Waals surface area contributed by atoms with Gasteiger partial charge in [0.15, 0.2) is 11.5 Å². The summed E-state index contributed by atoms with van der Waals surface area (Å²) in [6, 6.07) is 13.3. The topological polar surface area (TPSA) is 106 Å². The van der Waals surface area contributed by atoms with Crippen molar-refractivity contribution in [2.24, 2.45) is 11.0 Å². The number of hydrogen-bond acceptors (Lipinski definition) is 7. The first-order chi connectivity index (χ1) is 19.0. The van der Waals surface area contributed by atoms with Crippen LogP contribution in [-0.4, -0.2) is 45.7 Å². The first kappa shape index (κ1) is 26.3. The van der Waals surface area contributed by atoms with E-state index in [1.54, 1.807) is 13.2 Å². The van der Waals surface area contributed by atoms with Crippen molar-refractivity contribution < 1.29 is 19.1 Å². The SMILES string of the molecule is CCC1CC(=O)N(Cc2cccc(NC(=O)c3cnccn3)c2)N=C1c1ccc(OC)c(OC2CCCC2)c1. The fraction of sp³-hybridized carbons (Fsp3) is 0.367. The molecule has 3 aromatic rings. The van der Waals surface area contributed by atoms with Gasteiger partial charge in [-0.2, -0.15) is 5.10 Å². The van der Waals surface area contributed by atoms with E-state index in [9.17, 15) is 9.59 Å². The Bertz CT molecular complexity index is 1350. The van der Waals surface area contributed by atoms with Crippen LogP contribution in [0.3, 0.4) is 0 Å². The average Bonchev–Trinajstić information content (AvgIpc) is 3.47. The van der Waals surface area contributed by atoms with Gasteiger partial charge >= 0.3 is 0 Å². The summed E-state index contributed by atoms with van der Waals surface area (Å²) in [5.41, 5.74) is 3.47. The highest BCUT2D eigenvalue weighted by Gasteiger charge is 2.30. The molecule has 0 radical (unpaired) electrons. The van der Waals surface area contributed by atoms with Crippen molar-refractivity contribution in [3.63, 3.8) is 0 Å². The van der Waals surface area contributed by atoms with Crippen LogP contribution in [0.25, 0.3) is 0 Å². The zero-order chi connectivity index (χ0) is 27.2. The van der Waals surface area contributed by atoms with Crippen LogP contribution in [0.1, 0.15) is 67.1 Å². The molecule has 2 aromatic carbocycles. The van der Waals surface area contributed by atoms with Gasteiger partial charge in [0.25, 0.3) is 5.91 Å². The number of carbonyl (C=O) groups excluding carboxylic acids is 2. The Kier molecular flexibility index (Phi) is 8.15. The Hall–Kier alpha value is -4.27. The molecule has 1 aromatic heterocycles. The lowest BCUT2D eigenvalue weighted by Crippen LogP contribution is -2.36. The summed E-state index contributed by atoms with van der Waals surface area (Å²) in [6.07, 6.45) is 10.2. The van der Waals surface area contributed by atoms with Gasteiger partial charge in [-0.05, 0) is 68.0 Å². The summed E-state index contributed by atoms with van der Waals surface area (Å²) in [5, 5.41) is 9.20. The highest BCUT2D eigenvalue weighted by molar-refractivity contribution is 6.06. The average molecular weight is 528 g/mol.